The van der Waals surface area contributed by atoms with Gasteiger partial charge in [0.2, 0.25) is 0 Å². The van der Waals surface area contributed by atoms with Crippen LogP contribution in [0.3, 0.4) is 0 Å². The number of aromatic nitrogens is 1. The first-order valence-corrected chi connectivity index (χ1v) is 9.76. The normalized spacial score (nSPS) is 11.9. The fourth-order valence-electron chi connectivity index (χ4n) is 2.54. The molecule has 0 N–H and O–H groups in total. The summed E-state index contributed by atoms with van der Waals surface area (Å²) < 4.78 is 39.4. The first kappa shape index (κ1) is 18.2. The molecule has 7 heteroatoms. The highest BCUT2D eigenvalue weighted by Crippen LogP contribution is 2.36. The Kier molecular flexibility index (Phi) is 5.34. The van der Waals surface area contributed by atoms with E-state index in [0.717, 1.165) is 33.9 Å². The van der Waals surface area contributed by atoms with E-state index in [2.05, 4.69) is 40.0 Å². The minimum Gasteiger partial charge on any atom is -0.317 e. The topological polar surface area (TPSA) is 16.1 Å². The van der Waals surface area contributed by atoms with Gasteiger partial charge in [0.1, 0.15) is 0 Å². The number of alkyl halides is 4. The molecule has 0 radical (unpaired) electrons. The van der Waals surface area contributed by atoms with Crippen LogP contribution in [0.15, 0.2) is 42.5 Å². The quantitative estimate of drug-likeness (QED) is 0.436. The highest BCUT2D eigenvalue weighted by atomic mass is 79.9. The molecule has 2 nitrogen and oxygen atoms in total. The average Bonchev–Trinajstić information content (AvgIpc) is 3.01. The van der Waals surface area contributed by atoms with Gasteiger partial charge in [0.05, 0.1) is 15.8 Å². The second-order valence-corrected chi connectivity index (χ2v) is 7.34. The van der Waals surface area contributed by atoms with Crippen LogP contribution in [0.1, 0.15) is 18.1 Å². The molecular formula is C18H16BrF3N2S. The number of rotatable bonds is 5. The molecule has 3 rings (SSSR count). The standard InChI is InChI=1S/C18H16BrF3N2S/c1-2-12-3-8-15-16(11-12)25-17(23-15)24(10-9-19)14-6-4-13(5-7-14)18(20,21)22/h3-8,11H,2,9-10H2,1H3. The minimum atomic E-state index is -4.33. The van der Waals surface area contributed by atoms with Crippen LogP contribution < -0.4 is 4.90 Å². The van der Waals surface area contributed by atoms with Gasteiger partial charge in [0.15, 0.2) is 5.13 Å². The summed E-state index contributed by atoms with van der Waals surface area (Å²) in [5, 5.41) is 1.46. The molecule has 0 bridgehead atoms. The van der Waals surface area contributed by atoms with Gasteiger partial charge in [-0.25, -0.2) is 4.98 Å². The second kappa shape index (κ2) is 7.33. The third-order valence-corrected chi connectivity index (χ3v) is 5.29. The first-order chi connectivity index (χ1) is 11.9. The van der Waals surface area contributed by atoms with Gasteiger partial charge in [0, 0.05) is 17.6 Å². The number of anilines is 2. The van der Waals surface area contributed by atoms with Crippen molar-refractivity contribution in [2.75, 3.05) is 16.8 Å². The molecule has 0 saturated heterocycles. The van der Waals surface area contributed by atoms with Crippen LogP contribution in [-0.2, 0) is 12.6 Å². The van der Waals surface area contributed by atoms with E-state index >= 15 is 0 Å². The van der Waals surface area contributed by atoms with Gasteiger partial charge in [-0.2, -0.15) is 13.2 Å². The first-order valence-electron chi connectivity index (χ1n) is 7.82. The molecule has 1 heterocycles. The van der Waals surface area contributed by atoms with Crippen LogP contribution in [-0.4, -0.2) is 16.9 Å². The molecule has 25 heavy (non-hydrogen) atoms. The summed E-state index contributed by atoms with van der Waals surface area (Å²) in [6, 6.07) is 11.4. The summed E-state index contributed by atoms with van der Waals surface area (Å²) in [5.41, 5.74) is 2.20. The lowest BCUT2D eigenvalue weighted by Crippen LogP contribution is -2.19. The largest absolute Gasteiger partial charge is 0.416 e. The van der Waals surface area contributed by atoms with E-state index in [0.29, 0.717) is 17.6 Å². The molecule has 0 fully saturated rings. The fourth-order valence-corrected chi connectivity index (χ4v) is 3.97. The molecule has 2 aromatic carbocycles. The zero-order valence-corrected chi connectivity index (χ0v) is 15.9. The Morgan fingerprint density at radius 2 is 1.84 bits per heavy atom. The lowest BCUT2D eigenvalue weighted by molar-refractivity contribution is -0.137. The smallest absolute Gasteiger partial charge is 0.317 e. The van der Waals surface area contributed by atoms with Crippen molar-refractivity contribution in [3.05, 3.63) is 53.6 Å². The third-order valence-electron chi connectivity index (χ3n) is 3.90. The predicted molar refractivity (Wildman–Crippen MR) is 101 cm³/mol. The summed E-state index contributed by atoms with van der Waals surface area (Å²) in [4.78, 5) is 6.59. The van der Waals surface area contributed by atoms with Gasteiger partial charge in [-0.15, -0.1) is 0 Å². The SMILES string of the molecule is CCc1ccc2nc(N(CCBr)c3ccc(C(F)(F)F)cc3)sc2c1. The molecule has 0 aliphatic carbocycles. The van der Waals surface area contributed by atoms with E-state index < -0.39 is 11.7 Å². The predicted octanol–water partition coefficient (Wildman–Crippen LogP) is 6.41. The van der Waals surface area contributed by atoms with Crippen LogP contribution in [0.25, 0.3) is 10.2 Å². The molecule has 0 atom stereocenters. The number of aryl methyl sites for hydroxylation is 1. The lowest BCUT2D eigenvalue weighted by Gasteiger charge is -2.21. The summed E-state index contributed by atoms with van der Waals surface area (Å²) in [6.07, 6.45) is -3.38. The fraction of sp³-hybridized carbons (Fsp3) is 0.278. The van der Waals surface area contributed by atoms with Crippen molar-refractivity contribution in [3.63, 3.8) is 0 Å². The number of halogens is 4. The second-order valence-electron chi connectivity index (χ2n) is 5.54. The Labute approximate surface area is 156 Å². The maximum absolute atomic E-state index is 12.8. The van der Waals surface area contributed by atoms with Gasteiger partial charge in [-0.05, 0) is 48.4 Å². The van der Waals surface area contributed by atoms with Crippen molar-refractivity contribution in [2.24, 2.45) is 0 Å². The number of hydrogen-bond acceptors (Lipinski definition) is 3. The Morgan fingerprint density at radius 3 is 2.44 bits per heavy atom. The average molecular weight is 429 g/mol. The van der Waals surface area contributed by atoms with Gasteiger partial charge in [-0.1, -0.05) is 40.3 Å². The van der Waals surface area contributed by atoms with Gasteiger partial charge >= 0.3 is 6.18 Å². The molecule has 0 unspecified atom stereocenters. The van der Waals surface area contributed by atoms with Crippen molar-refractivity contribution in [3.8, 4) is 0 Å². The zero-order valence-electron chi connectivity index (χ0n) is 13.5. The van der Waals surface area contributed by atoms with Crippen molar-refractivity contribution in [2.45, 2.75) is 19.5 Å². The molecule has 0 spiro atoms. The van der Waals surface area contributed by atoms with Crippen molar-refractivity contribution in [1.29, 1.82) is 0 Å². The van der Waals surface area contributed by atoms with E-state index in [-0.39, 0.29) is 0 Å². The van der Waals surface area contributed by atoms with Gasteiger partial charge in [0.25, 0.3) is 0 Å². The summed E-state index contributed by atoms with van der Waals surface area (Å²) >= 11 is 4.96. The van der Waals surface area contributed by atoms with Crippen molar-refractivity contribution >= 4 is 48.3 Å². The zero-order chi connectivity index (χ0) is 18.0. The number of thiazole rings is 1. The molecule has 3 aromatic rings. The number of fused-ring (bicyclic) bond motifs is 1. The number of hydrogen-bond donors (Lipinski definition) is 0. The Morgan fingerprint density at radius 1 is 1.12 bits per heavy atom. The van der Waals surface area contributed by atoms with Crippen LogP contribution in [0.2, 0.25) is 0 Å². The molecule has 132 valence electrons. The van der Waals surface area contributed by atoms with Crippen LogP contribution in [0.4, 0.5) is 24.0 Å². The molecule has 0 amide bonds. The van der Waals surface area contributed by atoms with Crippen molar-refractivity contribution < 1.29 is 13.2 Å². The van der Waals surface area contributed by atoms with Gasteiger partial charge < -0.3 is 4.90 Å². The van der Waals surface area contributed by atoms with E-state index in [9.17, 15) is 13.2 Å². The monoisotopic (exact) mass is 428 g/mol. The maximum atomic E-state index is 12.8. The van der Waals surface area contributed by atoms with E-state index in [1.54, 1.807) is 11.3 Å². The lowest BCUT2D eigenvalue weighted by atomic mass is 10.2. The van der Waals surface area contributed by atoms with E-state index in [1.807, 2.05) is 11.0 Å². The summed E-state index contributed by atoms with van der Waals surface area (Å²) in [5.74, 6) is 0. The maximum Gasteiger partial charge on any atom is 0.416 e. The number of nitrogens with zero attached hydrogens (tertiary/aromatic N) is 2. The Balaban J connectivity index is 1.98. The molecular weight excluding hydrogens is 413 g/mol. The van der Waals surface area contributed by atoms with Crippen LogP contribution >= 0.6 is 27.3 Å². The Bertz CT molecular complexity index is 859. The Hall–Kier alpha value is -1.60. The molecule has 1 aromatic heterocycles. The highest BCUT2D eigenvalue weighted by molar-refractivity contribution is 9.09. The summed E-state index contributed by atoms with van der Waals surface area (Å²) in [7, 11) is 0. The molecule has 0 aliphatic heterocycles. The number of benzene rings is 2. The highest BCUT2D eigenvalue weighted by Gasteiger charge is 2.30. The van der Waals surface area contributed by atoms with E-state index in [1.165, 1.54) is 17.7 Å². The summed E-state index contributed by atoms with van der Waals surface area (Å²) in [6.45, 7) is 2.72. The molecule has 0 saturated carbocycles. The van der Waals surface area contributed by atoms with E-state index in [4.69, 9.17) is 0 Å². The minimum absolute atomic E-state index is 0.617. The third kappa shape index (κ3) is 3.98. The van der Waals surface area contributed by atoms with Gasteiger partial charge in [-0.3, -0.25) is 0 Å². The molecule has 0 aliphatic rings. The van der Waals surface area contributed by atoms with Crippen LogP contribution in [0, 0.1) is 0 Å². The van der Waals surface area contributed by atoms with Crippen LogP contribution in [0.5, 0.6) is 0 Å². The van der Waals surface area contributed by atoms with Crippen molar-refractivity contribution in [1.82, 2.24) is 4.98 Å².